The summed E-state index contributed by atoms with van der Waals surface area (Å²) in [6.45, 7) is 3.47. The van der Waals surface area contributed by atoms with E-state index in [2.05, 4.69) is 47.6 Å². The molecule has 0 amide bonds. The minimum absolute atomic E-state index is 0.710. The van der Waals surface area contributed by atoms with Crippen LogP contribution in [0.25, 0.3) is 0 Å². The zero-order chi connectivity index (χ0) is 10.5. The van der Waals surface area contributed by atoms with Crippen molar-refractivity contribution < 1.29 is 0 Å². The van der Waals surface area contributed by atoms with E-state index < -0.39 is 0 Å². The fourth-order valence-corrected chi connectivity index (χ4v) is 2.07. The Balaban J connectivity index is 1.74. The van der Waals surface area contributed by atoms with Crippen LogP contribution in [0.3, 0.4) is 0 Å². The average molecular weight is 204 g/mol. The number of piperidine rings is 1. The van der Waals surface area contributed by atoms with Crippen molar-refractivity contribution in [2.45, 2.75) is 25.4 Å². The number of nitrogens with one attached hydrogen (secondary N) is 1. The van der Waals surface area contributed by atoms with E-state index in [1.54, 1.807) is 0 Å². The van der Waals surface area contributed by atoms with E-state index in [1.807, 2.05) is 0 Å². The number of hydrogen-bond acceptors (Lipinski definition) is 2. The summed E-state index contributed by atoms with van der Waals surface area (Å²) in [7, 11) is 2.20. The van der Waals surface area contributed by atoms with E-state index in [0.29, 0.717) is 6.04 Å². The number of rotatable bonds is 3. The Morgan fingerprint density at radius 3 is 2.53 bits per heavy atom. The van der Waals surface area contributed by atoms with Crippen LogP contribution < -0.4 is 5.32 Å². The topological polar surface area (TPSA) is 15.3 Å². The zero-order valence-electron chi connectivity index (χ0n) is 9.45. The van der Waals surface area contributed by atoms with Crippen molar-refractivity contribution in [2.75, 3.05) is 20.1 Å². The van der Waals surface area contributed by atoms with E-state index in [4.69, 9.17) is 0 Å². The maximum Gasteiger partial charge on any atom is 0.0208 e. The minimum atomic E-state index is 0.710. The van der Waals surface area contributed by atoms with Crippen molar-refractivity contribution in [3.8, 4) is 0 Å². The van der Waals surface area contributed by atoms with Crippen molar-refractivity contribution in [2.24, 2.45) is 0 Å². The van der Waals surface area contributed by atoms with Gasteiger partial charge >= 0.3 is 0 Å². The van der Waals surface area contributed by atoms with E-state index in [-0.39, 0.29) is 0 Å². The molecule has 1 aliphatic heterocycles. The van der Waals surface area contributed by atoms with Crippen LogP contribution in [0.4, 0.5) is 0 Å². The molecular weight excluding hydrogens is 184 g/mol. The summed E-state index contributed by atoms with van der Waals surface area (Å²) in [6.07, 6.45) is 2.56. The molecule has 2 heteroatoms. The molecule has 1 saturated heterocycles. The monoisotopic (exact) mass is 204 g/mol. The molecule has 1 heterocycles. The van der Waals surface area contributed by atoms with Gasteiger partial charge in [0.05, 0.1) is 0 Å². The van der Waals surface area contributed by atoms with Crippen LogP contribution in [0.1, 0.15) is 18.4 Å². The lowest BCUT2D eigenvalue weighted by Crippen LogP contribution is -2.40. The lowest BCUT2D eigenvalue weighted by Gasteiger charge is -2.29. The molecule has 0 atom stereocenters. The van der Waals surface area contributed by atoms with Crippen molar-refractivity contribution in [1.82, 2.24) is 10.2 Å². The normalized spacial score (nSPS) is 19.3. The molecule has 0 radical (unpaired) electrons. The quantitative estimate of drug-likeness (QED) is 0.808. The van der Waals surface area contributed by atoms with Crippen LogP contribution in [-0.2, 0) is 6.54 Å². The van der Waals surface area contributed by atoms with Gasteiger partial charge in [0.1, 0.15) is 0 Å². The third-order valence-electron chi connectivity index (χ3n) is 3.16. The van der Waals surface area contributed by atoms with Crippen LogP contribution in [-0.4, -0.2) is 31.1 Å². The summed E-state index contributed by atoms with van der Waals surface area (Å²) >= 11 is 0. The van der Waals surface area contributed by atoms with Gasteiger partial charge in [0.25, 0.3) is 0 Å². The molecule has 1 aromatic carbocycles. The summed E-state index contributed by atoms with van der Waals surface area (Å²) in [5.41, 5.74) is 1.39. The van der Waals surface area contributed by atoms with Gasteiger partial charge in [-0.25, -0.2) is 0 Å². The highest BCUT2D eigenvalue weighted by Crippen LogP contribution is 2.09. The Bertz CT molecular complexity index is 276. The van der Waals surface area contributed by atoms with Gasteiger partial charge in [0.2, 0.25) is 0 Å². The average Bonchev–Trinajstić information content (AvgIpc) is 2.30. The molecule has 1 fully saturated rings. The Morgan fingerprint density at radius 1 is 1.20 bits per heavy atom. The summed E-state index contributed by atoms with van der Waals surface area (Å²) in [6, 6.07) is 11.3. The molecule has 0 aliphatic carbocycles. The summed E-state index contributed by atoms with van der Waals surface area (Å²) in [5.74, 6) is 0. The SMILES string of the molecule is CN1CCC(NCc2ccccc2)CC1. The number of hydrogen-bond donors (Lipinski definition) is 1. The maximum atomic E-state index is 3.63. The van der Waals surface area contributed by atoms with Crippen molar-refractivity contribution in [1.29, 1.82) is 0 Å². The Kier molecular flexibility index (Phi) is 3.75. The van der Waals surface area contributed by atoms with E-state index in [9.17, 15) is 0 Å². The summed E-state index contributed by atoms with van der Waals surface area (Å²) in [5, 5.41) is 3.63. The highest BCUT2D eigenvalue weighted by Gasteiger charge is 2.15. The molecule has 2 nitrogen and oxygen atoms in total. The minimum Gasteiger partial charge on any atom is -0.310 e. The van der Waals surface area contributed by atoms with Gasteiger partial charge in [-0.3, -0.25) is 0 Å². The largest absolute Gasteiger partial charge is 0.310 e. The van der Waals surface area contributed by atoms with E-state index >= 15 is 0 Å². The van der Waals surface area contributed by atoms with Crippen LogP contribution in [0, 0.1) is 0 Å². The molecule has 0 spiro atoms. The van der Waals surface area contributed by atoms with Gasteiger partial charge in [-0.15, -0.1) is 0 Å². The van der Waals surface area contributed by atoms with E-state index in [0.717, 1.165) is 6.54 Å². The smallest absolute Gasteiger partial charge is 0.0208 e. The molecule has 0 saturated carbocycles. The van der Waals surface area contributed by atoms with Crippen molar-refractivity contribution in [3.05, 3.63) is 35.9 Å². The van der Waals surface area contributed by atoms with Gasteiger partial charge < -0.3 is 10.2 Å². The predicted molar refractivity (Wildman–Crippen MR) is 63.8 cm³/mol. The Hall–Kier alpha value is -0.860. The predicted octanol–water partition coefficient (Wildman–Crippen LogP) is 1.87. The van der Waals surface area contributed by atoms with Crippen molar-refractivity contribution in [3.63, 3.8) is 0 Å². The van der Waals surface area contributed by atoms with Crippen LogP contribution in [0.15, 0.2) is 30.3 Å². The molecular formula is C13H20N2. The molecule has 1 aliphatic rings. The second-order valence-corrected chi connectivity index (χ2v) is 4.44. The number of likely N-dealkylation sites (tertiary alicyclic amines) is 1. The van der Waals surface area contributed by atoms with Gasteiger partial charge in [-0.05, 0) is 38.5 Å². The molecule has 2 rings (SSSR count). The van der Waals surface area contributed by atoms with Crippen LogP contribution in [0.5, 0.6) is 0 Å². The number of nitrogens with zero attached hydrogens (tertiary/aromatic N) is 1. The second-order valence-electron chi connectivity index (χ2n) is 4.44. The van der Waals surface area contributed by atoms with Crippen LogP contribution >= 0.6 is 0 Å². The third-order valence-corrected chi connectivity index (χ3v) is 3.16. The highest BCUT2D eigenvalue weighted by molar-refractivity contribution is 5.14. The van der Waals surface area contributed by atoms with E-state index in [1.165, 1.54) is 31.5 Å². The standard InChI is InChI=1S/C13H20N2/c1-15-9-7-13(8-10-15)14-11-12-5-3-2-4-6-12/h2-6,13-14H,7-11H2,1H3. The molecule has 0 bridgehead atoms. The Morgan fingerprint density at radius 2 is 1.87 bits per heavy atom. The second kappa shape index (κ2) is 5.29. The lowest BCUT2D eigenvalue weighted by atomic mass is 10.1. The first-order chi connectivity index (χ1) is 7.34. The molecule has 1 aromatic rings. The fraction of sp³-hybridized carbons (Fsp3) is 0.538. The molecule has 82 valence electrons. The highest BCUT2D eigenvalue weighted by atomic mass is 15.1. The maximum absolute atomic E-state index is 3.63. The van der Waals surface area contributed by atoms with Gasteiger partial charge in [-0.2, -0.15) is 0 Å². The van der Waals surface area contributed by atoms with Gasteiger partial charge in [0.15, 0.2) is 0 Å². The molecule has 15 heavy (non-hydrogen) atoms. The molecule has 0 aromatic heterocycles. The Labute approximate surface area is 92.3 Å². The zero-order valence-corrected chi connectivity index (χ0v) is 9.45. The first kappa shape index (κ1) is 10.7. The van der Waals surface area contributed by atoms with Crippen LogP contribution in [0.2, 0.25) is 0 Å². The molecule has 1 N–H and O–H groups in total. The molecule has 0 unspecified atom stereocenters. The summed E-state index contributed by atoms with van der Waals surface area (Å²) in [4.78, 5) is 2.40. The third kappa shape index (κ3) is 3.33. The first-order valence-corrected chi connectivity index (χ1v) is 5.80. The fourth-order valence-electron chi connectivity index (χ4n) is 2.07. The van der Waals surface area contributed by atoms with Gasteiger partial charge in [-0.1, -0.05) is 30.3 Å². The lowest BCUT2D eigenvalue weighted by molar-refractivity contribution is 0.234. The van der Waals surface area contributed by atoms with Gasteiger partial charge in [0, 0.05) is 12.6 Å². The summed E-state index contributed by atoms with van der Waals surface area (Å²) < 4.78 is 0. The van der Waals surface area contributed by atoms with Crippen molar-refractivity contribution >= 4 is 0 Å². The number of benzene rings is 1. The first-order valence-electron chi connectivity index (χ1n) is 5.80.